The van der Waals surface area contributed by atoms with Crippen LogP contribution in [0, 0.1) is 11.7 Å². The molecular weight excluding hydrogens is 303 g/mol. The number of aromatic amines is 1. The van der Waals surface area contributed by atoms with Crippen LogP contribution in [0.4, 0.5) is 10.2 Å². The average molecular weight is 324 g/mol. The summed E-state index contributed by atoms with van der Waals surface area (Å²) in [5, 5.41) is 4.57. The summed E-state index contributed by atoms with van der Waals surface area (Å²) in [4.78, 5) is 12.4. The maximum atomic E-state index is 13.5. The predicted octanol–water partition coefficient (Wildman–Crippen LogP) is 4.75. The number of fused-ring (bicyclic) bond motifs is 1. The van der Waals surface area contributed by atoms with Crippen molar-refractivity contribution < 1.29 is 4.39 Å². The highest BCUT2D eigenvalue weighted by molar-refractivity contribution is 5.88. The van der Waals surface area contributed by atoms with E-state index >= 15 is 0 Å². The number of aromatic nitrogens is 3. The molecule has 0 saturated heterocycles. The van der Waals surface area contributed by atoms with Gasteiger partial charge in [0.15, 0.2) is 5.82 Å². The van der Waals surface area contributed by atoms with E-state index in [1.54, 1.807) is 6.07 Å². The number of anilines is 1. The summed E-state index contributed by atoms with van der Waals surface area (Å²) in [7, 11) is 0. The van der Waals surface area contributed by atoms with Crippen molar-refractivity contribution in [1.82, 2.24) is 15.0 Å². The van der Waals surface area contributed by atoms with Crippen LogP contribution in [0.5, 0.6) is 0 Å². The topological polar surface area (TPSA) is 53.6 Å². The van der Waals surface area contributed by atoms with Gasteiger partial charge in [-0.05, 0) is 49.8 Å². The first-order chi connectivity index (χ1) is 11.7. The Bertz CT molecular complexity index is 849. The van der Waals surface area contributed by atoms with E-state index in [0.29, 0.717) is 17.4 Å². The minimum Gasteiger partial charge on any atom is -0.367 e. The lowest BCUT2D eigenvalue weighted by atomic mass is 9.87. The van der Waals surface area contributed by atoms with Gasteiger partial charge in [0.2, 0.25) is 0 Å². The standard InChI is InChI=1S/C19H21FN4/c1-12-5-7-15(8-6-12)22-19-16-9-10-21-18(16)23-17(24-19)13-3-2-4-14(20)11-13/h2-4,9-12,15H,5-8H2,1H3,(H2,21,22,23,24). The monoisotopic (exact) mass is 324 g/mol. The molecule has 4 nitrogen and oxygen atoms in total. The Hall–Kier alpha value is -2.43. The highest BCUT2D eigenvalue weighted by Gasteiger charge is 2.20. The summed E-state index contributed by atoms with van der Waals surface area (Å²) in [6.45, 7) is 2.31. The first-order valence-corrected chi connectivity index (χ1v) is 8.56. The molecule has 3 aromatic rings. The molecule has 0 spiro atoms. The predicted molar refractivity (Wildman–Crippen MR) is 94.3 cm³/mol. The van der Waals surface area contributed by atoms with E-state index in [0.717, 1.165) is 35.6 Å². The number of nitrogens with one attached hydrogen (secondary N) is 2. The van der Waals surface area contributed by atoms with Crippen molar-refractivity contribution in [2.24, 2.45) is 5.92 Å². The van der Waals surface area contributed by atoms with Gasteiger partial charge in [0.05, 0.1) is 5.39 Å². The smallest absolute Gasteiger partial charge is 0.164 e. The second kappa shape index (κ2) is 6.23. The zero-order chi connectivity index (χ0) is 16.5. The Morgan fingerprint density at radius 1 is 1.12 bits per heavy atom. The van der Waals surface area contributed by atoms with Crippen molar-refractivity contribution in [3.8, 4) is 11.4 Å². The Labute approximate surface area is 140 Å². The fourth-order valence-corrected chi connectivity index (χ4v) is 3.41. The van der Waals surface area contributed by atoms with Crippen LogP contribution in [0.15, 0.2) is 36.5 Å². The van der Waals surface area contributed by atoms with Crippen molar-refractivity contribution in [3.05, 3.63) is 42.3 Å². The number of H-pyrrole nitrogens is 1. The van der Waals surface area contributed by atoms with Crippen molar-refractivity contribution in [3.63, 3.8) is 0 Å². The van der Waals surface area contributed by atoms with Crippen LogP contribution < -0.4 is 5.32 Å². The fraction of sp³-hybridized carbons (Fsp3) is 0.368. The van der Waals surface area contributed by atoms with Crippen molar-refractivity contribution >= 4 is 16.9 Å². The quantitative estimate of drug-likeness (QED) is 0.730. The molecule has 0 amide bonds. The summed E-state index contributed by atoms with van der Waals surface area (Å²) in [5.74, 6) is 1.90. The van der Waals surface area contributed by atoms with Crippen LogP contribution in [0.25, 0.3) is 22.4 Å². The van der Waals surface area contributed by atoms with Crippen LogP contribution in [-0.4, -0.2) is 21.0 Å². The van der Waals surface area contributed by atoms with Crippen LogP contribution in [0.1, 0.15) is 32.6 Å². The second-order valence-corrected chi connectivity index (χ2v) is 6.75. The van der Waals surface area contributed by atoms with Crippen molar-refractivity contribution in [2.45, 2.75) is 38.6 Å². The van der Waals surface area contributed by atoms with E-state index in [2.05, 4.69) is 27.2 Å². The van der Waals surface area contributed by atoms with Gasteiger partial charge in [-0.2, -0.15) is 0 Å². The zero-order valence-corrected chi connectivity index (χ0v) is 13.7. The highest BCUT2D eigenvalue weighted by atomic mass is 19.1. The number of rotatable bonds is 3. The third kappa shape index (κ3) is 2.98. The number of benzene rings is 1. The number of hydrogen-bond acceptors (Lipinski definition) is 3. The lowest BCUT2D eigenvalue weighted by Crippen LogP contribution is -2.25. The molecule has 0 atom stereocenters. The minimum absolute atomic E-state index is 0.279. The van der Waals surface area contributed by atoms with Gasteiger partial charge in [-0.25, -0.2) is 14.4 Å². The molecule has 124 valence electrons. The highest BCUT2D eigenvalue weighted by Crippen LogP contribution is 2.29. The third-order valence-corrected chi connectivity index (χ3v) is 4.86. The van der Waals surface area contributed by atoms with Gasteiger partial charge < -0.3 is 10.3 Å². The van der Waals surface area contributed by atoms with Gasteiger partial charge in [0, 0.05) is 17.8 Å². The van der Waals surface area contributed by atoms with E-state index in [9.17, 15) is 4.39 Å². The van der Waals surface area contributed by atoms with Crippen LogP contribution in [0.2, 0.25) is 0 Å². The number of hydrogen-bond donors (Lipinski definition) is 2. The van der Waals surface area contributed by atoms with Gasteiger partial charge in [-0.3, -0.25) is 0 Å². The molecule has 0 unspecified atom stereocenters. The lowest BCUT2D eigenvalue weighted by Gasteiger charge is -2.27. The number of halogens is 1. The minimum atomic E-state index is -0.279. The van der Waals surface area contributed by atoms with Gasteiger partial charge in [-0.15, -0.1) is 0 Å². The molecule has 5 heteroatoms. The zero-order valence-electron chi connectivity index (χ0n) is 13.7. The Morgan fingerprint density at radius 2 is 1.96 bits per heavy atom. The Balaban J connectivity index is 1.70. The van der Waals surface area contributed by atoms with E-state index < -0.39 is 0 Å². The Kier molecular flexibility index (Phi) is 3.92. The first kappa shape index (κ1) is 15.1. The first-order valence-electron chi connectivity index (χ1n) is 8.56. The molecule has 0 radical (unpaired) electrons. The molecule has 0 aliphatic heterocycles. The summed E-state index contributed by atoms with van der Waals surface area (Å²) < 4.78 is 13.5. The molecule has 1 fully saturated rings. The molecule has 1 saturated carbocycles. The van der Waals surface area contributed by atoms with E-state index in [1.807, 2.05) is 18.3 Å². The van der Waals surface area contributed by atoms with Gasteiger partial charge in [-0.1, -0.05) is 19.1 Å². The summed E-state index contributed by atoms with van der Waals surface area (Å²) in [6, 6.07) is 8.84. The lowest BCUT2D eigenvalue weighted by molar-refractivity contribution is 0.361. The molecule has 2 N–H and O–H groups in total. The molecule has 1 aromatic carbocycles. The molecular formula is C19H21FN4. The summed E-state index contributed by atoms with van der Waals surface area (Å²) in [6.07, 6.45) is 6.67. The van der Waals surface area contributed by atoms with Gasteiger partial charge >= 0.3 is 0 Å². The van der Waals surface area contributed by atoms with E-state index in [1.165, 1.54) is 25.0 Å². The van der Waals surface area contributed by atoms with E-state index in [-0.39, 0.29) is 5.82 Å². The molecule has 0 bridgehead atoms. The van der Waals surface area contributed by atoms with E-state index in [4.69, 9.17) is 0 Å². The van der Waals surface area contributed by atoms with Crippen LogP contribution in [-0.2, 0) is 0 Å². The van der Waals surface area contributed by atoms with Crippen molar-refractivity contribution in [1.29, 1.82) is 0 Å². The van der Waals surface area contributed by atoms with Gasteiger partial charge in [0.1, 0.15) is 17.3 Å². The molecule has 1 aliphatic rings. The second-order valence-electron chi connectivity index (χ2n) is 6.75. The summed E-state index contributed by atoms with van der Waals surface area (Å²) in [5.41, 5.74) is 1.46. The maximum absolute atomic E-state index is 13.5. The molecule has 1 aliphatic carbocycles. The Morgan fingerprint density at radius 3 is 2.75 bits per heavy atom. The maximum Gasteiger partial charge on any atom is 0.164 e. The summed E-state index contributed by atoms with van der Waals surface area (Å²) >= 11 is 0. The largest absolute Gasteiger partial charge is 0.367 e. The normalized spacial score (nSPS) is 21.1. The van der Waals surface area contributed by atoms with Crippen LogP contribution in [0.3, 0.4) is 0 Å². The van der Waals surface area contributed by atoms with Crippen LogP contribution >= 0.6 is 0 Å². The molecule has 24 heavy (non-hydrogen) atoms. The average Bonchev–Trinajstić information content (AvgIpc) is 3.06. The molecule has 2 aromatic heterocycles. The SMILES string of the molecule is CC1CCC(Nc2nc(-c3cccc(F)c3)nc3[nH]ccc23)CC1. The fourth-order valence-electron chi connectivity index (χ4n) is 3.41. The molecule has 4 rings (SSSR count). The molecule has 2 heterocycles. The number of nitrogens with zero attached hydrogens (tertiary/aromatic N) is 2. The van der Waals surface area contributed by atoms with Crippen molar-refractivity contribution in [2.75, 3.05) is 5.32 Å². The van der Waals surface area contributed by atoms with Gasteiger partial charge in [0.25, 0.3) is 0 Å². The third-order valence-electron chi connectivity index (χ3n) is 4.86.